The fourth-order valence-corrected chi connectivity index (χ4v) is 1.52. The first-order chi connectivity index (χ1) is 9.04. The number of amides is 2. The molecule has 1 rings (SSSR count). The lowest BCUT2D eigenvalue weighted by molar-refractivity contribution is -0.120. The van der Waals surface area contributed by atoms with Gasteiger partial charge in [-0.1, -0.05) is 0 Å². The van der Waals surface area contributed by atoms with Crippen molar-refractivity contribution in [2.75, 3.05) is 26.8 Å². The lowest BCUT2D eigenvalue weighted by Crippen LogP contribution is -2.38. The van der Waals surface area contributed by atoms with Crippen LogP contribution in [0.25, 0.3) is 0 Å². The minimum absolute atomic E-state index is 0.0304. The summed E-state index contributed by atoms with van der Waals surface area (Å²) in [7, 11) is 1.54. The summed E-state index contributed by atoms with van der Waals surface area (Å²) in [5.74, 6) is -0.756. The number of phenols is 1. The van der Waals surface area contributed by atoms with Crippen LogP contribution in [0.15, 0.2) is 22.7 Å². The molecular formula is C12H15BrN2O4. The normalized spacial score (nSPS) is 10.0. The molecule has 1 aromatic rings. The van der Waals surface area contributed by atoms with Gasteiger partial charge in [-0.05, 0) is 34.1 Å². The van der Waals surface area contributed by atoms with Crippen molar-refractivity contribution in [2.45, 2.75) is 0 Å². The molecular weight excluding hydrogens is 316 g/mol. The number of aromatic hydroxyl groups is 1. The molecule has 0 aromatic heterocycles. The van der Waals surface area contributed by atoms with Crippen molar-refractivity contribution in [1.82, 2.24) is 10.6 Å². The SMILES string of the molecule is COCCNC(=O)CNC(=O)c1ccc(Br)c(O)c1. The molecule has 0 bridgehead atoms. The highest BCUT2D eigenvalue weighted by atomic mass is 79.9. The average Bonchev–Trinajstić information content (AvgIpc) is 2.39. The van der Waals surface area contributed by atoms with Crippen LogP contribution >= 0.6 is 15.9 Å². The first-order valence-corrected chi connectivity index (χ1v) is 6.36. The van der Waals surface area contributed by atoms with E-state index in [-0.39, 0.29) is 23.8 Å². The van der Waals surface area contributed by atoms with Crippen LogP contribution in [0, 0.1) is 0 Å². The summed E-state index contributed by atoms with van der Waals surface area (Å²) in [6.45, 7) is 0.684. The van der Waals surface area contributed by atoms with Gasteiger partial charge in [0.25, 0.3) is 5.91 Å². The summed E-state index contributed by atoms with van der Waals surface area (Å²) < 4.78 is 5.28. The van der Waals surface area contributed by atoms with Crippen LogP contribution in [-0.4, -0.2) is 43.7 Å². The number of rotatable bonds is 6. The van der Waals surface area contributed by atoms with E-state index >= 15 is 0 Å². The van der Waals surface area contributed by atoms with E-state index in [0.717, 1.165) is 0 Å². The van der Waals surface area contributed by atoms with Crippen molar-refractivity contribution in [2.24, 2.45) is 0 Å². The molecule has 6 nitrogen and oxygen atoms in total. The Morgan fingerprint density at radius 2 is 2.11 bits per heavy atom. The first kappa shape index (κ1) is 15.5. The molecule has 19 heavy (non-hydrogen) atoms. The van der Waals surface area contributed by atoms with E-state index in [0.29, 0.717) is 17.6 Å². The van der Waals surface area contributed by atoms with E-state index in [1.54, 1.807) is 12.1 Å². The molecule has 0 aliphatic carbocycles. The molecule has 7 heteroatoms. The average molecular weight is 331 g/mol. The Bertz CT molecular complexity index is 465. The summed E-state index contributed by atoms with van der Waals surface area (Å²) in [6, 6.07) is 4.42. The number of ether oxygens (including phenoxy) is 1. The Labute approximate surface area is 119 Å². The fraction of sp³-hybridized carbons (Fsp3) is 0.333. The summed E-state index contributed by atoms with van der Waals surface area (Å²) in [5.41, 5.74) is 0.283. The quantitative estimate of drug-likeness (QED) is 0.668. The Morgan fingerprint density at radius 3 is 2.74 bits per heavy atom. The second-order valence-corrected chi connectivity index (χ2v) is 4.55. The lowest BCUT2D eigenvalue weighted by Gasteiger charge is -2.07. The summed E-state index contributed by atoms with van der Waals surface area (Å²) in [5, 5.41) is 14.5. The predicted octanol–water partition coefficient (Wildman–Crippen LogP) is 0.647. The molecule has 0 radical (unpaired) electrons. The zero-order chi connectivity index (χ0) is 14.3. The standard InChI is InChI=1S/C12H15BrN2O4/c1-19-5-4-14-11(17)7-15-12(18)8-2-3-9(13)10(16)6-8/h2-3,6,16H,4-5,7H2,1H3,(H,14,17)(H,15,18). The van der Waals surface area contributed by atoms with E-state index in [4.69, 9.17) is 4.74 Å². The second-order valence-electron chi connectivity index (χ2n) is 3.69. The van der Waals surface area contributed by atoms with Gasteiger partial charge in [0, 0.05) is 19.2 Å². The van der Waals surface area contributed by atoms with Crippen molar-refractivity contribution < 1.29 is 19.4 Å². The predicted molar refractivity (Wildman–Crippen MR) is 73.0 cm³/mol. The van der Waals surface area contributed by atoms with Crippen molar-refractivity contribution in [3.63, 3.8) is 0 Å². The molecule has 0 aliphatic rings. The Morgan fingerprint density at radius 1 is 1.37 bits per heavy atom. The maximum Gasteiger partial charge on any atom is 0.251 e. The molecule has 2 amide bonds. The second kappa shape index (κ2) is 7.75. The summed E-state index contributed by atoms with van der Waals surface area (Å²) >= 11 is 3.12. The van der Waals surface area contributed by atoms with Crippen LogP contribution in [-0.2, 0) is 9.53 Å². The number of benzene rings is 1. The number of methoxy groups -OCH3 is 1. The number of halogens is 1. The van der Waals surface area contributed by atoms with Crippen LogP contribution in [0.5, 0.6) is 5.75 Å². The van der Waals surface area contributed by atoms with Gasteiger partial charge in [-0.15, -0.1) is 0 Å². The van der Waals surface area contributed by atoms with E-state index in [1.165, 1.54) is 13.2 Å². The van der Waals surface area contributed by atoms with Gasteiger partial charge in [-0.2, -0.15) is 0 Å². The first-order valence-electron chi connectivity index (χ1n) is 5.57. The third-order valence-corrected chi connectivity index (χ3v) is 2.92. The van der Waals surface area contributed by atoms with Crippen LogP contribution in [0.2, 0.25) is 0 Å². The number of carbonyl (C=O) groups is 2. The van der Waals surface area contributed by atoms with Gasteiger partial charge in [0.1, 0.15) is 5.75 Å². The molecule has 0 unspecified atom stereocenters. The molecule has 0 heterocycles. The number of carbonyl (C=O) groups excluding carboxylic acids is 2. The Kier molecular flexibility index (Phi) is 6.31. The highest BCUT2D eigenvalue weighted by Crippen LogP contribution is 2.24. The van der Waals surface area contributed by atoms with Gasteiger partial charge in [-0.25, -0.2) is 0 Å². The lowest BCUT2D eigenvalue weighted by atomic mass is 10.2. The topological polar surface area (TPSA) is 87.7 Å². The highest BCUT2D eigenvalue weighted by Gasteiger charge is 2.09. The van der Waals surface area contributed by atoms with E-state index < -0.39 is 5.91 Å². The molecule has 104 valence electrons. The summed E-state index contributed by atoms with van der Waals surface area (Å²) in [6.07, 6.45) is 0. The van der Waals surface area contributed by atoms with Crippen molar-refractivity contribution in [3.05, 3.63) is 28.2 Å². The van der Waals surface area contributed by atoms with E-state index in [9.17, 15) is 14.7 Å². The molecule has 0 atom stereocenters. The van der Waals surface area contributed by atoms with Gasteiger partial charge in [-0.3, -0.25) is 9.59 Å². The number of nitrogens with one attached hydrogen (secondary N) is 2. The zero-order valence-electron chi connectivity index (χ0n) is 10.4. The fourth-order valence-electron chi connectivity index (χ4n) is 1.27. The smallest absolute Gasteiger partial charge is 0.251 e. The monoisotopic (exact) mass is 330 g/mol. The van der Waals surface area contributed by atoms with Gasteiger partial charge in [0.2, 0.25) is 5.91 Å². The molecule has 0 aliphatic heterocycles. The third kappa shape index (κ3) is 5.27. The Hall–Kier alpha value is -1.60. The van der Waals surface area contributed by atoms with Crippen LogP contribution in [0.4, 0.5) is 0 Å². The Balaban J connectivity index is 2.42. The minimum Gasteiger partial charge on any atom is -0.507 e. The van der Waals surface area contributed by atoms with Crippen LogP contribution < -0.4 is 10.6 Å². The molecule has 0 saturated carbocycles. The van der Waals surface area contributed by atoms with Crippen molar-refractivity contribution >= 4 is 27.7 Å². The maximum absolute atomic E-state index is 11.7. The molecule has 1 aromatic carbocycles. The van der Waals surface area contributed by atoms with E-state index in [1.807, 2.05) is 0 Å². The van der Waals surface area contributed by atoms with Gasteiger partial charge < -0.3 is 20.5 Å². The molecule has 3 N–H and O–H groups in total. The number of hydrogen-bond donors (Lipinski definition) is 3. The molecule has 0 saturated heterocycles. The third-order valence-electron chi connectivity index (χ3n) is 2.25. The highest BCUT2D eigenvalue weighted by molar-refractivity contribution is 9.10. The zero-order valence-corrected chi connectivity index (χ0v) is 12.0. The van der Waals surface area contributed by atoms with Crippen molar-refractivity contribution in [1.29, 1.82) is 0 Å². The van der Waals surface area contributed by atoms with Gasteiger partial charge >= 0.3 is 0 Å². The van der Waals surface area contributed by atoms with Crippen LogP contribution in [0.1, 0.15) is 10.4 Å². The summed E-state index contributed by atoms with van der Waals surface area (Å²) in [4.78, 5) is 23.0. The number of phenolic OH excluding ortho intramolecular Hbond substituents is 1. The molecule has 0 fully saturated rings. The van der Waals surface area contributed by atoms with Crippen LogP contribution in [0.3, 0.4) is 0 Å². The number of hydrogen-bond acceptors (Lipinski definition) is 4. The molecule has 0 spiro atoms. The largest absolute Gasteiger partial charge is 0.507 e. The maximum atomic E-state index is 11.7. The van der Waals surface area contributed by atoms with Gasteiger partial charge in [0.05, 0.1) is 17.6 Å². The van der Waals surface area contributed by atoms with Gasteiger partial charge in [0.15, 0.2) is 0 Å². The van der Waals surface area contributed by atoms with E-state index in [2.05, 4.69) is 26.6 Å². The minimum atomic E-state index is -0.426. The van der Waals surface area contributed by atoms with Crippen molar-refractivity contribution in [3.8, 4) is 5.75 Å².